The molecule has 0 heterocycles. The number of hydrogen-bond acceptors (Lipinski definition) is 5. The number of hydrogen-bond donors (Lipinski definition) is 1. The Morgan fingerprint density at radius 1 is 0.955 bits per heavy atom. The van der Waals surface area contributed by atoms with Gasteiger partial charge in [-0.3, -0.25) is 0 Å². The van der Waals surface area contributed by atoms with E-state index in [0.717, 1.165) is 16.8 Å². The van der Waals surface area contributed by atoms with Crippen LogP contribution < -0.4 is 5.73 Å². The molecule has 0 unspecified atom stereocenters. The maximum atomic E-state index is 8.62. The van der Waals surface area contributed by atoms with Crippen molar-refractivity contribution in [2.75, 3.05) is 5.73 Å². The Morgan fingerprint density at radius 2 is 1.50 bits per heavy atom. The smallest absolute Gasteiger partial charge is 0.0994 e. The first-order valence-electron chi connectivity index (χ1n) is 6.36. The molecule has 22 heavy (non-hydrogen) atoms. The Bertz CT molecular complexity index is 806. The molecule has 0 saturated carbocycles. The van der Waals surface area contributed by atoms with Crippen molar-refractivity contribution in [3.63, 3.8) is 0 Å². The Labute approximate surface area is 135 Å². The summed E-state index contributed by atoms with van der Waals surface area (Å²) in [6, 6.07) is 14.7. The first-order valence-corrected chi connectivity index (χ1v) is 6.77. The molecular weight excluding hydrogens is 292 g/mol. The van der Waals surface area contributed by atoms with E-state index in [1.165, 1.54) is 0 Å². The minimum atomic E-state index is 0.665. The van der Waals surface area contributed by atoms with Crippen LogP contribution in [0.25, 0.3) is 0 Å². The van der Waals surface area contributed by atoms with Crippen molar-refractivity contribution in [3.05, 3.63) is 58.7 Å². The van der Waals surface area contributed by atoms with Gasteiger partial charge in [-0.05, 0) is 73.6 Å². The number of benzene rings is 2. The van der Waals surface area contributed by atoms with Crippen molar-refractivity contribution in [2.45, 2.75) is 13.8 Å². The Balaban J connectivity index is 0.000000224. The number of aryl methyl sites for hydroxylation is 2. The second kappa shape index (κ2) is 8.34. The first kappa shape index (κ1) is 17.1. The Hall–Kier alpha value is -2.98. The van der Waals surface area contributed by atoms with E-state index in [1.807, 2.05) is 13.8 Å². The lowest BCUT2D eigenvalue weighted by Crippen LogP contribution is -1.87. The zero-order chi connectivity index (χ0) is 16.5. The van der Waals surface area contributed by atoms with Gasteiger partial charge in [0.15, 0.2) is 0 Å². The number of nitrogens with zero attached hydrogens (tertiary/aromatic N) is 3. The molecule has 0 aliphatic carbocycles. The lowest BCUT2D eigenvalue weighted by Gasteiger charge is -1.96. The molecule has 0 bridgehead atoms. The SMILES string of the molecule is Cc1cc(N)ccc1C#N.Cc1cc(N=C=S)ccc1C#N. The van der Waals surface area contributed by atoms with Crippen LogP contribution >= 0.6 is 12.2 Å². The number of aliphatic imine (C=N–C) groups is 1. The third-order valence-corrected chi connectivity index (χ3v) is 2.97. The van der Waals surface area contributed by atoms with Crippen LogP contribution in [0.3, 0.4) is 0 Å². The summed E-state index contributed by atoms with van der Waals surface area (Å²) in [5.41, 5.74) is 10.1. The summed E-state index contributed by atoms with van der Waals surface area (Å²) >= 11 is 4.46. The summed E-state index contributed by atoms with van der Waals surface area (Å²) in [4.78, 5) is 3.80. The minimum Gasteiger partial charge on any atom is -0.399 e. The van der Waals surface area contributed by atoms with E-state index in [4.69, 9.17) is 16.3 Å². The van der Waals surface area contributed by atoms with Gasteiger partial charge in [0, 0.05) is 5.69 Å². The molecule has 0 fully saturated rings. The predicted molar refractivity (Wildman–Crippen MR) is 90.9 cm³/mol. The van der Waals surface area contributed by atoms with Crippen LogP contribution in [0.1, 0.15) is 22.3 Å². The number of anilines is 1. The summed E-state index contributed by atoms with van der Waals surface area (Å²) in [5.74, 6) is 0. The summed E-state index contributed by atoms with van der Waals surface area (Å²) in [6.07, 6.45) is 0. The van der Waals surface area contributed by atoms with Crippen LogP contribution in [0.5, 0.6) is 0 Å². The van der Waals surface area contributed by atoms with E-state index < -0.39 is 0 Å². The fourth-order valence-electron chi connectivity index (χ4n) is 1.71. The van der Waals surface area contributed by atoms with Crippen LogP contribution in [-0.2, 0) is 0 Å². The molecule has 0 aliphatic rings. The molecule has 5 heteroatoms. The van der Waals surface area contributed by atoms with Crippen LogP contribution in [0.2, 0.25) is 0 Å². The number of nitriles is 2. The minimum absolute atomic E-state index is 0.665. The normalized spacial score (nSPS) is 8.55. The Kier molecular flexibility index (Phi) is 6.47. The highest BCUT2D eigenvalue weighted by Crippen LogP contribution is 2.16. The molecule has 0 spiro atoms. The highest BCUT2D eigenvalue weighted by atomic mass is 32.1. The van der Waals surface area contributed by atoms with Crippen molar-refractivity contribution >= 4 is 28.8 Å². The van der Waals surface area contributed by atoms with Crippen molar-refractivity contribution in [1.29, 1.82) is 10.5 Å². The van der Waals surface area contributed by atoms with E-state index >= 15 is 0 Å². The van der Waals surface area contributed by atoms with E-state index in [0.29, 0.717) is 16.8 Å². The third kappa shape index (κ3) is 4.85. The quantitative estimate of drug-likeness (QED) is 0.489. The van der Waals surface area contributed by atoms with Crippen LogP contribution in [0.4, 0.5) is 11.4 Å². The van der Waals surface area contributed by atoms with E-state index in [2.05, 4.69) is 34.5 Å². The Morgan fingerprint density at radius 3 is 1.95 bits per heavy atom. The number of thiocarbonyl (C=S) groups is 1. The number of nitrogens with two attached hydrogens (primary N) is 1. The average Bonchev–Trinajstić information content (AvgIpc) is 2.48. The number of nitrogen functional groups attached to an aromatic ring is 1. The average molecular weight is 306 g/mol. The molecule has 2 aromatic rings. The van der Waals surface area contributed by atoms with Gasteiger partial charge in [0.1, 0.15) is 0 Å². The second-order valence-electron chi connectivity index (χ2n) is 4.50. The summed E-state index contributed by atoms with van der Waals surface area (Å²) in [7, 11) is 0. The molecule has 2 aromatic carbocycles. The van der Waals surface area contributed by atoms with Crippen LogP contribution in [0.15, 0.2) is 41.4 Å². The molecule has 2 N–H and O–H groups in total. The third-order valence-electron chi connectivity index (χ3n) is 2.88. The van der Waals surface area contributed by atoms with Gasteiger partial charge in [0.2, 0.25) is 0 Å². The highest BCUT2D eigenvalue weighted by Gasteiger charge is 1.96. The van der Waals surface area contributed by atoms with Gasteiger partial charge in [-0.15, -0.1) is 0 Å². The molecule has 2 rings (SSSR count). The topological polar surface area (TPSA) is 86.0 Å². The summed E-state index contributed by atoms with van der Waals surface area (Å²) < 4.78 is 0. The first-order chi connectivity index (χ1) is 10.5. The van der Waals surface area contributed by atoms with Gasteiger partial charge in [0.25, 0.3) is 0 Å². The molecular formula is C17H14N4S. The number of isothiocyanates is 1. The van der Waals surface area contributed by atoms with E-state index in [-0.39, 0.29) is 0 Å². The maximum absolute atomic E-state index is 8.62. The predicted octanol–water partition coefficient (Wildman–Crippen LogP) is 4.05. The second-order valence-corrected chi connectivity index (χ2v) is 4.68. The molecule has 108 valence electrons. The van der Waals surface area contributed by atoms with Gasteiger partial charge >= 0.3 is 0 Å². The van der Waals surface area contributed by atoms with E-state index in [1.54, 1.807) is 36.4 Å². The van der Waals surface area contributed by atoms with E-state index in [9.17, 15) is 0 Å². The zero-order valence-corrected chi connectivity index (χ0v) is 13.1. The highest BCUT2D eigenvalue weighted by molar-refractivity contribution is 7.78. The van der Waals surface area contributed by atoms with Gasteiger partial charge in [-0.1, -0.05) is 0 Å². The van der Waals surface area contributed by atoms with Crippen LogP contribution in [-0.4, -0.2) is 5.16 Å². The molecule has 0 aliphatic heterocycles. The molecule has 0 amide bonds. The van der Waals surface area contributed by atoms with Crippen molar-refractivity contribution in [3.8, 4) is 12.1 Å². The van der Waals surface area contributed by atoms with Gasteiger partial charge in [0.05, 0.1) is 34.1 Å². The van der Waals surface area contributed by atoms with Crippen molar-refractivity contribution in [1.82, 2.24) is 0 Å². The fraction of sp³-hybridized carbons (Fsp3) is 0.118. The number of rotatable bonds is 1. The monoisotopic (exact) mass is 306 g/mol. The summed E-state index contributed by atoms with van der Waals surface area (Å²) in [6.45, 7) is 3.73. The van der Waals surface area contributed by atoms with Crippen molar-refractivity contribution in [2.24, 2.45) is 4.99 Å². The fourth-order valence-corrected chi connectivity index (χ4v) is 1.81. The van der Waals surface area contributed by atoms with Crippen LogP contribution in [0, 0.1) is 36.5 Å². The summed E-state index contributed by atoms with van der Waals surface area (Å²) in [5, 5.41) is 19.4. The van der Waals surface area contributed by atoms with Gasteiger partial charge < -0.3 is 5.73 Å². The van der Waals surface area contributed by atoms with Gasteiger partial charge in [-0.2, -0.15) is 15.5 Å². The van der Waals surface area contributed by atoms with Crippen molar-refractivity contribution < 1.29 is 0 Å². The molecule has 0 radical (unpaired) electrons. The standard InChI is InChI=1S/C9H6N2S.C8H8N2/c1-7-4-9(11-6-12)3-2-8(7)5-10;1-6-4-8(10)3-2-7(6)5-9/h2-4H,1H3;2-4H,10H2,1H3. The molecule has 0 atom stereocenters. The molecule has 0 saturated heterocycles. The maximum Gasteiger partial charge on any atom is 0.0994 e. The zero-order valence-electron chi connectivity index (χ0n) is 12.3. The molecule has 4 nitrogen and oxygen atoms in total. The van der Waals surface area contributed by atoms with Gasteiger partial charge in [-0.25, -0.2) is 0 Å². The molecule has 0 aromatic heterocycles. The lowest BCUT2D eigenvalue weighted by atomic mass is 10.1. The largest absolute Gasteiger partial charge is 0.399 e. The lowest BCUT2D eigenvalue weighted by molar-refractivity contribution is 1.38.